The monoisotopic (exact) mass is 112 g/mol. The fraction of sp³-hybridized carbons (Fsp3) is 0.833. The first-order valence-corrected chi connectivity index (χ1v) is 3.05. The van der Waals surface area contributed by atoms with Crippen molar-refractivity contribution in [2.45, 2.75) is 25.9 Å². The topological polar surface area (TPSA) is 24.4 Å². The van der Waals surface area contributed by atoms with Crippen LogP contribution in [0.15, 0.2) is 4.99 Å². The van der Waals surface area contributed by atoms with E-state index in [9.17, 15) is 0 Å². The summed E-state index contributed by atoms with van der Waals surface area (Å²) in [5.41, 5.74) is 0. The first-order valence-electron chi connectivity index (χ1n) is 3.05. The molecule has 0 unspecified atom stereocenters. The highest BCUT2D eigenvalue weighted by atomic mass is 15.0. The summed E-state index contributed by atoms with van der Waals surface area (Å²) in [6.07, 6.45) is 1.94. The van der Waals surface area contributed by atoms with Gasteiger partial charge in [-0.15, -0.1) is 0 Å². The van der Waals surface area contributed by atoms with E-state index in [0.29, 0.717) is 12.1 Å². The zero-order valence-electron chi connectivity index (χ0n) is 5.39. The lowest BCUT2D eigenvalue weighted by molar-refractivity contribution is 0.492. The van der Waals surface area contributed by atoms with Gasteiger partial charge in [-0.3, -0.25) is 4.99 Å². The number of aliphatic imine (C=N–C) groups is 1. The van der Waals surface area contributed by atoms with Crippen molar-refractivity contribution in [3.05, 3.63) is 0 Å². The van der Waals surface area contributed by atoms with Crippen LogP contribution < -0.4 is 5.32 Å². The van der Waals surface area contributed by atoms with Gasteiger partial charge in [-0.1, -0.05) is 0 Å². The fourth-order valence-corrected chi connectivity index (χ4v) is 0.757. The maximum atomic E-state index is 4.22. The number of rotatable bonds is 0. The molecule has 0 spiro atoms. The largest absolute Gasteiger partial charge is 0.307 e. The Bertz CT molecular complexity index is 98.7. The number of hydrogen-bond donors (Lipinski definition) is 1. The third-order valence-electron chi connectivity index (χ3n) is 1.60. The van der Waals surface area contributed by atoms with Gasteiger partial charge in [-0.25, -0.2) is 0 Å². The van der Waals surface area contributed by atoms with Crippen molar-refractivity contribution in [1.29, 1.82) is 0 Å². The van der Waals surface area contributed by atoms with Crippen molar-refractivity contribution in [2.24, 2.45) is 4.99 Å². The van der Waals surface area contributed by atoms with Crippen LogP contribution >= 0.6 is 0 Å². The quantitative estimate of drug-likeness (QED) is 0.483. The van der Waals surface area contributed by atoms with Gasteiger partial charge in [0, 0.05) is 18.8 Å². The van der Waals surface area contributed by atoms with Gasteiger partial charge in [-0.2, -0.15) is 0 Å². The molecule has 0 fully saturated rings. The van der Waals surface area contributed by atoms with Gasteiger partial charge >= 0.3 is 0 Å². The van der Waals surface area contributed by atoms with Gasteiger partial charge in [0.25, 0.3) is 0 Å². The summed E-state index contributed by atoms with van der Waals surface area (Å²) in [5, 5.41) is 3.28. The second-order valence-electron chi connectivity index (χ2n) is 2.27. The predicted octanol–water partition coefficient (Wildman–Crippen LogP) is 0.437. The smallest absolute Gasteiger partial charge is 0.0618 e. The van der Waals surface area contributed by atoms with Gasteiger partial charge in [0.05, 0.1) is 6.04 Å². The summed E-state index contributed by atoms with van der Waals surface area (Å²) < 4.78 is 0. The van der Waals surface area contributed by atoms with Crippen LogP contribution in [-0.2, 0) is 0 Å². The van der Waals surface area contributed by atoms with Gasteiger partial charge in [0.1, 0.15) is 0 Å². The highest BCUT2D eigenvalue weighted by molar-refractivity contribution is 5.60. The van der Waals surface area contributed by atoms with Crippen molar-refractivity contribution in [1.82, 2.24) is 5.32 Å². The molecular formula is C6H12N2. The second-order valence-corrected chi connectivity index (χ2v) is 2.27. The second kappa shape index (κ2) is 2.27. The van der Waals surface area contributed by atoms with Crippen LogP contribution in [0.25, 0.3) is 0 Å². The summed E-state index contributed by atoms with van der Waals surface area (Å²) >= 11 is 0. The van der Waals surface area contributed by atoms with E-state index in [1.54, 1.807) is 0 Å². The van der Waals surface area contributed by atoms with Crippen molar-refractivity contribution in [3.8, 4) is 0 Å². The van der Waals surface area contributed by atoms with E-state index in [2.05, 4.69) is 24.2 Å². The molecule has 1 aliphatic rings. The van der Waals surface area contributed by atoms with E-state index in [4.69, 9.17) is 0 Å². The fourth-order valence-electron chi connectivity index (χ4n) is 0.757. The molecule has 0 aromatic carbocycles. The summed E-state index contributed by atoms with van der Waals surface area (Å²) in [4.78, 5) is 4.22. The van der Waals surface area contributed by atoms with Crippen LogP contribution in [0.3, 0.4) is 0 Å². The minimum atomic E-state index is 0.462. The van der Waals surface area contributed by atoms with Gasteiger partial charge < -0.3 is 5.32 Å². The minimum Gasteiger partial charge on any atom is -0.307 e. The maximum Gasteiger partial charge on any atom is 0.0618 e. The molecule has 0 amide bonds. The molecule has 2 nitrogen and oxygen atoms in total. The molecule has 46 valence electrons. The Morgan fingerprint density at radius 1 is 1.62 bits per heavy atom. The molecule has 2 atom stereocenters. The first kappa shape index (κ1) is 5.76. The van der Waals surface area contributed by atoms with E-state index in [-0.39, 0.29) is 0 Å². The van der Waals surface area contributed by atoms with E-state index in [1.165, 1.54) is 0 Å². The maximum absolute atomic E-state index is 4.22. The Kier molecular flexibility index (Phi) is 1.63. The minimum absolute atomic E-state index is 0.462. The Balaban J connectivity index is 2.47. The molecule has 1 N–H and O–H groups in total. The van der Waals surface area contributed by atoms with E-state index in [1.807, 2.05) is 6.21 Å². The third-order valence-corrected chi connectivity index (χ3v) is 1.60. The molecule has 0 aromatic rings. The van der Waals surface area contributed by atoms with Crippen LogP contribution in [0, 0.1) is 0 Å². The number of nitrogens with zero attached hydrogens (tertiary/aromatic N) is 1. The van der Waals surface area contributed by atoms with E-state index in [0.717, 1.165) is 6.54 Å². The zero-order valence-corrected chi connectivity index (χ0v) is 5.39. The Labute approximate surface area is 50.0 Å². The zero-order chi connectivity index (χ0) is 5.98. The van der Waals surface area contributed by atoms with E-state index < -0.39 is 0 Å². The van der Waals surface area contributed by atoms with Crippen molar-refractivity contribution in [3.63, 3.8) is 0 Å². The predicted molar refractivity (Wildman–Crippen MR) is 35.4 cm³/mol. The van der Waals surface area contributed by atoms with Gasteiger partial charge in [-0.05, 0) is 13.8 Å². The highest BCUT2D eigenvalue weighted by Gasteiger charge is 2.10. The van der Waals surface area contributed by atoms with Crippen molar-refractivity contribution >= 4 is 6.21 Å². The molecule has 0 aromatic heterocycles. The molecule has 0 radical (unpaired) electrons. The standard InChI is InChI=1S/C6H12N2/c1-5-6(2)8-4-3-7-5/h3,5-6,8H,4H2,1-2H3/t5-,6+/m1/s1. The molecule has 1 rings (SSSR count). The summed E-state index contributed by atoms with van der Waals surface area (Å²) in [6.45, 7) is 5.21. The Hall–Kier alpha value is -0.370. The molecule has 0 saturated carbocycles. The third kappa shape index (κ3) is 1.07. The number of hydrogen-bond acceptors (Lipinski definition) is 2. The van der Waals surface area contributed by atoms with Crippen LogP contribution in [0.1, 0.15) is 13.8 Å². The SMILES string of the molecule is C[C@@H]1NCC=N[C@@H]1C. The Morgan fingerprint density at radius 2 is 2.38 bits per heavy atom. The molecule has 0 bridgehead atoms. The van der Waals surface area contributed by atoms with Crippen LogP contribution in [0.4, 0.5) is 0 Å². The molecule has 1 heterocycles. The highest BCUT2D eigenvalue weighted by Crippen LogP contribution is 1.98. The summed E-state index contributed by atoms with van der Waals surface area (Å²) in [7, 11) is 0. The molecule has 1 aliphatic heterocycles. The van der Waals surface area contributed by atoms with Crippen molar-refractivity contribution in [2.75, 3.05) is 6.54 Å². The normalized spacial score (nSPS) is 37.8. The lowest BCUT2D eigenvalue weighted by Crippen LogP contribution is -2.39. The van der Waals surface area contributed by atoms with Gasteiger partial charge in [0.2, 0.25) is 0 Å². The van der Waals surface area contributed by atoms with Crippen LogP contribution in [-0.4, -0.2) is 24.8 Å². The summed E-state index contributed by atoms with van der Waals surface area (Å²) in [6, 6.07) is 1.02. The average molecular weight is 112 g/mol. The van der Waals surface area contributed by atoms with Crippen LogP contribution in [0.5, 0.6) is 0 Å². The molecule has 8 heavy (non-hydrogen) atoms. The lowest BCUT2D eigenvalue weighted by atomic mass is 10.1. The molecule has 0 aliphatic carbocycles. The molecule has 2 heteroatoms. The Morgan fingerprint density at radius 3 is 2.75 bits per heavy atom. The first-order chi connectivity index (χ1) is 3.80. The van der Waals surface area contributed by atoms with Crippen LogP contribution in [0.2, 0.25) is 0 Å². The van der Waals surface area contributed by atoms with Gasteiger partial charge in [0.15, 0.2) is 0 Å². The summed E-state index contributed by atoms with van der Waals surface area (Å²) in [5.74, 6) is 0. The molecular weight excluding hydrogens is 100 g/mol. The average Bonchev–Trinajstić information content (AvgIpc) is 1.77. The lowest BCUT2D eigenvalue weighted by Gasteiger charge is -2.20. The number of nitrogens with one attached hydrogen (secondary N) is 1. The van der Waals surface area contributed by atoms with E-state index >= 15 is 0 Å². The van der Waals surface area contributed by atoms with Crippen molar-refractivity contribution < 1.29 is 0 Å². The molecule has 0 saturated heterocycles.